The molecule has 0 saturated heterocycles. The van der Waals surface area contributed by atoms with Crippen molar-refractivity contribution in [2.75, 3.05) is 18.4 Å². The molecule has 1 heterocycles. The molecule has 4 aliphatic carbocycles. The summed E-state index contributed by atoms with van der Waals surface area (Å²) < 4.78 is 5.88. The number of amides is 1. The molecule has 0 unspecified atom stereocenters. The highest BCUT2D eigenvalue weighted by molar-refractivity contribution is 5.67. The van der Waals surface area contributed by atoms with E-state index in [1.54, 1.807) is 6.07 Å². The molecular formula is C35H54N4O4. The minimum atomic E-state index is -0.476. The maximum Gasteiger partial charge on any atom is 0.407 e. The number of allylic oxidation sites excluding steroid dienone is 1. The van der Waals surface area contributed by atoms with Crippen LogP contribution < -0.4 is 10.6 Å². The third-order valence-electron chi connectivity index (χ3n) is 12.2. The predicted molar refractivity (Wildman–Crippen MR) is 171 cm³/mol. The van der Waals surface area contributed by atoms with Gasteiger partial charge in [-0.3, -0.25) is 10.1 Å². The third-order valence-corrected chi connectivity index (χ3v) is 12.2. The Labute approximate surface area is 258 Å². The Hall–Kier alpha value is -2.64. The number of carbonyl (C=O) groups excluding carboxylic acids is 1. The Morgan fingerprint density at radius 3 is 2.63 bits per heavy atom. The van der Waals surface area contributed by atoms with E-state index in [0.717, 1.165) is 54.8 Å². The number of nitro groups is 1. The molecule has 43 heavy (non-hydrogen) atoms. The van der Waals surface area contributed by atoms with Crippen molar-refractivity contribution in [3.05, 3.63) is 40.1 Å². The van der Waals surface area contributed by atoms with E-state index in [1.807, 2.05) is 0 Å². The fraction of sp³-hybridized carbons (Fsp3) is 0.771. The van der Waals surface area contributed by atoms with Gasteiger partial charge in [0.25, 0.3) is 5.69 Å². The first kappa shape index (κ1) is 31.8. The lowest BCUT2D eigenvalue weighted by Gasteiger charge is -2.58. The number of rotatable bonds is 11. The topological polar surface area (TPSA) is 106 Å². The van der Waals surface area contributed by atoms with Gasteiger partial charge in [0.05, 0.1) is 4.92 Å². The second-order valence-corrected chi connectivity index (χ2v) is 15.1. The highest BCUT2D eigenvalue weighted by Crippen LogP contribution is 2.67. The standard InChI is InChI=1S/C35H54N4O4/c1-23(2)7-6-8-24(3)29-12-13-30-28-11-9-25-21-27(15-17-34(25,4)31(28)16-18-35(29,30)5)43-33(40)37-20-19-36-32-14-10-26(22-38-32)39(41)42/h9-10,14,22-24,27-31H,6-8,11-13,15-21H2,1-5H3,(H,36,38)(H,37,40)/t24-,27+,28+,29-,30+,31+,34+,35-/m1/s1. The lowest BCUT2D eigenvalue weighted by molar-refractivity contribution is -0.385. The van der Waals surface area contributed by atoms with E-state index in [1.165, 1.54) is 69.2 Å². The molecule has 0 radical (unpaired) electrons. The number of hydrogen-bond donors (Lipinski definition) is 2. The zero-order valence-corrected chi connectivity index (χ0v) is 27.1. The zero-order chi connectivity index (χ0) is 30.8. The molecule has 3 fully saturated rings. The Balaban J connectivity index is 1.11. The quantitative estimate of drug-likeness (QED) is 0.115. The summed E-state index contributed by atoms with van der Waals surface area (Å²) in [5.41, 5.74) is 2.22. The largest absolute Gasteiger partial charge is 0.446 e. The number of carbonyl (C=O) groups is 1. The van der Waals surface area contributed by atoms with E-state index in [2.05, 4.69) is 56.3 Å². The molecule has 1 amide bonds. The van der Waals surface area contributed by atoms with Crippen LogP contribution in [-0.4, -0.2) is 35.2 Å². The van der Waals surface area contributed by atoms with Gasteiger partial charge < -0.3 is 15.4 Å². The second-order valence-electron chi connectivity index (χ2n) is 15.1. The predicted octanol–water partition coefficient (Wildman–Crippen LogP) is 8.54. The third kappa shape index (κ3) is 6.73. The van der Waals surface area contributed by atoms with Crippen LogP contribution in [0.4, 0.5) is 16.3 Å². The first-order valence-corrected chi connectivity index (χ1v) is 17.0. The Bertz CT molecular complexity index is 1170. The van der Waals surface area contributed by atoms with Crippen LogP contribution in [-0.2, 0) is 4.74 Å². The fourth-order valence-corrected chi connectivity index (χ4v) is 9.90. The van der Waals surface area contributed by atoms with Crippen molar-refractivity contribution < 1.29 is 14.5 Å². The number of hydrogen-bond acceptors (Lipinski definition) is 6. The number of pyridine rings is 1. The van der Waals surface area contributed by atoms with Crippen LogP contribution in [0.1, 0.15) is 105 Å². The van der Waals surface area contributed by atoms with Crippen molar-refractivity contribution in [3.8, 4) is 0 Å². The average Bonchev–Trinajstić information content (AvgIpc) is 3.33. The molecule has 2 N–H and O–H groups in total. The lowest BCUT2D eigenvalue weighted by atomic mass is 9.47. The van der Waals surface area contributed by atoms with E-state index >= 15 is 0 Å². The summed E-state index contributed by atoms with van der Waals surface area (Å²) in [5.74, 6) is 5.48. The summed E-state index contributed by atoms with van der Waals surface area (Å²) in [7, 11) is 0. The normalized spacial score (nSPS) is 33.9. The van der Waals surface area contributed by atoms with E-state index in [9.17, 15) is 14.9 Å². The van der Waals surface area contributed by atoms with E-state index < -0.39 is 4.92 Å². The molecule has 1 aromatic heterocycles. The number of alkyl carbamates (subject to hydrolysis) is 1. The number of anilines is 1. The van der Waals surface area contributed by atoms with Gasteiger partial charge in [-0.15, -0.1) is 0 Å². The van der Waals surface area contributed by atoms with Gasteiger partial charge in [0.2, 0.25) is 0 Å². The molecular weight excluding hydrogens is 540 g/mol. The van der Waals surface area contributed by atoms with Crippen LogP contribution in [0, 0.1) is 56.5 Å². The molecule has 0 aromatic carbocycles. The van der Waals surface area contributed by atoms with Crippen LogP contribution in [0.3, 0.4) is 0 Å². The van der Waals surface area contributed by atoms with Crippen molar-refractivity contribution in [1.82, 2.24) is 10.3 Å². The van der Waals surface area contributed by atoms with E-state index in [-0.39, 0.29) is 23.3 Å². The minimum Gasteiger partial charge on any atom is -0.446 e. The van der Waals surface area contributed by atoms with Gasteiger partial charge in [0.1, 0.15) is 18.1 Å². The van der Waals surface area contributed by atoms with Gasteiger partial charge in [-0.2, -0.15) is 0 Å². The summed E-state index contributed by atoms with van der Waals surface area (Å²) in [4.78, 5) is 26.9. The number of aromatic nitrogens is 1. The summed E-state index contributed by atoms with van der Waals surface area (Å²) in [5, 5.41) is 16.7. The van der Waals surface area contributed by atoms with E-state index in [0.29, 0.717) is 24.3 Å². The number of nitrogens with one attached hydrogen (secondary N) is 2. The number of fused-ring (bicyclic) bond motifs is 5. The van der Waals surface area contributed by atoms with Gasteiger partial charge in [-0.1, -0.05) is 65.5 Å². The van der Waals surface area contributed by atoms with Crippen molar-refractivity contribution in [2.24, 2.45) is 46.3 Å². The average molecular weight is 595 g/mol. The summed E-state index contributed by atoms with van der Waals surface area (Å²) in [6.07, 6.45) is 17.1. The van der Waals surface area contributed by atoms with Gasteiger partial charge in [0.15, 0.2) is 0 Å². The molecule has 0 aliphatic heterocycles. The van der Waals surface area contributed by atoms with Crippen LogP contribution in [0.5, 0.6) is 0 Å². The molecule has 8 heteroatoms. The monoisotopic (exact) mass is 594 g/mol. The highest BCUT2D eigenvalue weighted by Gasteiger charge is 2.59. The zero-order valence-electron chi connectivity index (χ0n) is 27.1. The van der Waals surface area contributed by atoms with Crippen molar-refractivity contribution in [3.63, 3.8) is 0 Å². The summed E-state index contributed by atoms with van der Waals surface area (Å²) in [6.45, 7) is 13.3. The first-order valence-electron chi connectivity index (χ1n) is 17.0. The van der Waals surface area contributed by atoms with Gasteiger partial charge in [0, 0.05) is 25.6 Å². The molecule has 8 atom stereocenters. The van der Waals surface area contributed by atoms with Crippen molar-refractivity contribution in [2.45, 2.75) is 111 Å². The molecule has 1 aromatic rings. The van der Waals surface area contributed by atoms with Crippen molar-refractivity contribution >= 4 is 17.6 Å². The first-order chi connectivity index (χ1) is 20.5. The second kappa shape index (κ2) is 13.2. The van der Waals surface area contributed by atoms with Crippen LogP contribution >= 0.6 is 0 Å². The van der Waals surface area contributed by atoms with Crippen molar-refractivity contribution in [1.29, 1.82) is 0 Å². The number of nitrogens with zero attached hydrogens (tertiary/aromatic N) is 2. The molecule has 0 spiro atoms. The van der Waals surface area contributed by atoms with Gasteiger partial charge >= 0.3 is 6.09 Å². The smallest absolute Gasteiger partial charge is 0.407 e. The van der Waals surface area contributed by atoms with Gasteiger partial charge in [-0.05, 0) is 97.3 Å². The number of ether oxygens (including phenoxy) is 1. The molecule has 3 saturated carbocycles. The van der Waals surface area contributed by atoms with E-state index in [4.69, 9.17) is 4.74 Å². The van der Waals surface area contributed by atoms with Gasteiger partial charge in [-0.25, -0.2) is 9.78 Å². The van der Waals surface area contributed by atoms with Crippen LogP contribution in [0.15, 0.2) is 30.0 Å². The molecule has 8 nitrogen and oxygen atoms in total. The van der Waals surface area contributed by atoms with Crippen LogP contribution in [0.2, 0.25) is 0 Å². The lowest BCUT2D eigenvalue weighted by Crippen LogP contribution is -2.51. The maximum atomic E-state index is 12.6. The Kier molecular flexibility index (Phi) is 9.72. The minimum absolute atomic E-state index is 0.0499. The van der Waals surface area contributed by atoms with Crippen LogP contribution in [0.25, 0.3) is 0 Å². The Morgan fingerprint density at radius 2 is 1.91 bits per heavy atom. The summed E-state index contributed by atoms with van der Waals surface area (Å²) in [6, 6.07) is 2.97. The summed E-state index contributed by atoms with van der Waals surface area (Å²) >= 11 is 0. The molecule has 5 rings (SSSR count). The SMILES string of the molecule is CC(C)CCC[C@@H](C)[C@H]1CC[C@H]2[C@@H]3CC=C4C[C@@H](OC(=O)NCCNc5ccc([N+](=O)[O-])cn5)CC[C@]4(C)[C@H]3CC[C@]12C. The fourth-order valence-electron chi connectivity index (χ4n) is 9.90. The highest BCUT2D eigenvalue weighted by atomic mass is 16.6. The molecule has 0 bridgehead atoms. The Morgan fingerprint density at radius 1 is 1.09 bits per heavy atom. The molecule has 4 aliphatic rings. The molecule has 238 valence electrons. The maximum absolute atomic E-state index is 12.6.